The van der Waals surface area contributed by atoms with Gasteiger partial charge in [0.1, 0.15) is 23.2 Å². The molecule has 6 aromatic carbocycles. The second-order valence-corrected chi connectivity index (χ2v) is 15.8. The Hall–Kier alpha value is -5.53. The predicted octanol–water partition coefficient (Wildman–Crippen LogP) is 12.8. The first kappa shape index (κ1) is 31.2. The minimum absolute atomic E-state index is 0.0541. The van der Waals surface area contributed by atoms with Crippen molar-refractivity contribution in [2.75, 3.05) is 0 Å². The molecule has 252 valence electrons. The van der Waals surface area contributed by atoms with Crippen molar-refractivity contribution in [1.82, 2.24) is 10.6 Å². The summed E-state index contributed by atoms with van der Waals surface area (Å²) in [6, 6.07) is 47.3. The molecule has 9 aromatic rings. The zero-order valence-electron chi connectivity index (χ0n) is 28.6. The molecule has 3 N–H and O–H groups in total. The Bertz CT molecular complexity index is 2860. The molecule has 0 saturated carbocycles. The highest BCUT2D eigenvalue weighted by molar-refractivity contribution is 7.26. The second-order valence-electron chi connectivity index (χ2n) is 13.6. The highest BCUT2D eigenvalue weighted by Crippen LogP contribution is 2.44. The lowest BCUT2D eigenvalue weighted by Gasteiger charge is -2.28. The molecule has 52 heavy (non-hydrogen) atoms. The van der Waals surface area contributed by atoms with Crippen LogP contribution in [0.2, 0.25) is 0 Å². The van der Waals surface area contributed by atoms with Gasteiger partial charge in [0.25, 0.3) is 0 Å². The molecule has 1 aliphatic rings. The Morgan fingerprint density at radius 2 is 1.42 bits per heavy atom. The van der Waals surface area contributed by atoms with E-state index in [2.05, 4.69) is 145 Å². The van der Waals surface area contributed by atoms with E-state index in [4.69, 9.17) is 4.42 Å². The van der Waals surface area contributed by atoms with Crippen molar-refractivity contribution in [1.29, 1.82) is 5.41 Å². The minimum atomic E-state index is -0.294. The predicted molar refractivity (Wildman–Crippen MR) is 222 cm³/mol. The number of thiophene rings is 2. The highest BCUT2D eigenvalue weighted by Gasteiger charge is 2.25. The standard InChI is InChI=1S/C46H35N3OS2/c1-27(28-12-3-2-4-13-28)48-46(49-45(47)37-20-11-23-40-42(37)36-15-6-8-22-39(36)51-40)29-24-25-31-34-18-10-19-35(44(34)52-41(31)26-29)33-17-9-16-32-30-14-5-7-21-38(30)50-43(32)33/h2-10,12-22,24-27,46,48H,11,23H2,1H3,(H2,47,49). The zero-order chi connectivity index (χ0) is 34.8. The van der Waals surface area contributed by atoms with Gasteiger partial charge in [-0.05, 0) is 49.1 Å². The average molecular weight is 710 g/mol. The molecule has 0 amide bonds. The molecule has 3 aromatic heterocycles. The molecule has 6 heteroatoms. The molecule has 0 fully saturated rings. The summed E-state index contributed by atoms with van der Waals surface area (Å²) < 4.78 is 10.2. The largest absolute Gasteiger partial charge is 0.455 e. The smallest absolute Gasteiger partial charge is 0.143 e. The summed E-state index contributed by atoms with van der Waals surface area (Å²) in [4.78, 5) is 1.37. The summed E-state index contributed by atoms with van der Waals surface area (Å²) in [5.74, 6) is 0.444. The van der Waals surface area contributed by atoms with Crippen LogP contribution in [0, 0.1) is 5.41 Å². The van der Waals surface area contributed by atoms with Crippen molar-refractivity contribution < 1.29 is 4.42 Å². The number of fused-ring (bicyclic) bond motifs is 9. The third-order valence-electron chi connectivity index (χ3n) is 10.5. The van der Waals surface area contributed by atoms with E-state index in [-0.39, 0.29) is 12.2 Å². The first-order chi connectivity index (χ1) is 25.6. The molecule has 0 spiro atoms. The molecule has 3 heterocycles. The van der Waals surface area contributed by atoms with Gasteiger partial charge in [0.15, 0.2) is 0 Å². The van der Waals surface area contributed by atoms with Crippen LogP contribution in [0.4, 0.5) is 0 Å². The van der Waals surface area contributed by atoms with Crippen molar-refractivity contribution in [3.8, 4) is 11.1 Å². The fourth-order valence-corrected chi connectivity index (χ4v) is 10.5. The van der Waals surface area contributed by atoms with Crippen LogP contribution >= 0.6 is 22.7 Å². The first-order valence-corrected chi connectivity index (χ1v) is 19.5. The number of amidine groups is 1. The van der Waals surface area contributed by atoms with E-state index < -0.39 is 0 Å². The molecule has 4 nitrogen and oxygen atoms in total. The summed E-state index contributed by atoms with van der Waals surface area (Å²) in [5, 5.41) is 23.0. The maximum atomic E-state index is 9.52. The number of allylic oxidation sites excluding steroid dienone is 1. The van der Waals surface area contributed by atoms with Gasteiger partial charge in [-0.25, -0.2) is 0 Å². The lowest BCUT2D eigenvalue weighted by Crippen LogP contribution is -2.39. The topological polar surface area (TPSA) is 61.0 Å². The van der Waals surface area contributed by atoms with Crippen LogP contribution in [0.25, 0.3) is 68.9 Å². The summed E-state index contributed by atoms with van der Waals surface area (Å²) in [6.07, 6.45) is 3.91. The van der Waals surface area contributed by atoms with E-state index >= 15 is 0 Å². The fourth-order valence-electron chi connectivity index (χ4n) is 7.94. The van der Waals surface area contributed by atoms with Gasteiger partial charge < -0.3 is 9.73 Å². The maximum absolute atomic E-state index is 9.52. The van der Waals surface area contributed by atoms with Gasteiger partial charge in [0.2, 0.25) is 0 Å². The number of hydrogen-bond donors (Lipinski definition) is 3. The average Bonchev–Trinajstić information content (AvgIpc) is 3.89. The van der Waals surface area contributed by atoms with Crippen molar-refractivity contribution in [2.24, 2.45) is 0 Å². The molecule has 2 unspecified atom stereocenters. The summed E-state index contributed by atoms with van der Waals surface area (Å²) >= 11 is 3.69. The molecule has 0 saturated heterocycles. The van der Waals surface area contributed by atoms with Crippen LogP contribution in [0.3, 0.4) is 0 Å². The molecule has 10 rings (SSSR count). The quantitative estimate of drug-likeness (QED) is 0.0877. The highest BCUT2D eigenvalue weighted by atomic mass is 32.1. The number of rotatable bonds is 7. The maximum Gasteiger partial charge on any atom is 0.143 e. The van der Waals surface area contributed by atoms with Crippen molar-refractivity contribution in [3.05, 3.63) is 161 Å². The van der Waals surface area contributed by atoms with Crippen LogP contribution in [-0.2, 0) is 6.42 Å². The summed E-state index contributed by atoms with van der Waals surface area (Å²) in [5.41, 5.74) is 8.63. The Balaban J connectivity index is 1.06. The van der Waals surface area contributed by atoms with Crippen molar-refractivity contribution >= 4 is 86.3 Å². The zero-order valence-corrected chi connectivity index (χ0v) is 30.2. The second kappa shape index (κ2) is 12.6. The number of benzene rings is 6. The van der Waals surface area contributed by atoms with Crippen molar-refractivity contribution in [2.45, 2.75) is 32.0 Å². The van der Waals surface area contributed by atoms with E-state index in [9.17, 15) is 5.41 Å². The van der Waals surface area contributed by atoms with Crippen molar-refractivity contribution in [3.63, 3.8) is 0 Å². The number of aryl methyl sites for hydroxylation is 1. The summed E-state index contributed by atoms with van der Waals surface area (Å²) in [6.45, 7) is 2.20. The van der Waals surface area contributed by atoms with Crippen LogP contribution in [0.5, 0.6) is 0 Å². The van der Waals surface area contributed by atoms with Gasteiger partial charge in [-0.3, -0.25) is 10.7 Å². The minimum Gasteiger partial charge on any atom is -0.455 e. The number of furan rings is 1. The Morgan fingerprint density at radius 1 is 0.673 bits per heavy atom. The van der Waals surface area contributed by atoms with E-state index in [1.807, 2.05) is 34.8 Å². The van der Waals surface area contributed by atoms with Gasteiger partial charge in [0, 0.05) is 74.2 Å². The Labute approximate surface area is 309 Å². The first-order valence-electron chi connectivity index (χ1n) is 17.8. The van der Waals surface area contributed by atoms with E-state index in [1.165, 1.54) is 51.8 Å². The van der Waals surface area contributed by atoms with E-state index in [0.717, 1.165) is 51.5 Å². The lowest BCUT2D eigenvalue weighted by atomic mass is 9.93. The Kier molecular flexibility index (Phi) is 7.57. The normalized spacial score (nSPS) is 14.2. The molecule has 2 atom stereocenters. The van der Waals surface area contributed by atoms with E-state index in [0.29, 0.717) is 5.84 Å². The molecule has 0 radical (unpaired) electrons. The van der Waals surface area contributed by atoms with Crippen LogP contribution in [0.15, 0.2) is 144 Å². The SMILES string of the molecule is CC(NC(NC(=N)C1=CCCc2sc3ccccc3c21)c1ccc2c(c1)sc1c(-c3cccc4c3oc3ccccc34)cccc12)c1ccccc1. The van der Waals surface area contributed by atoms with Gasteiger partial charge >= 0.3 is 0 Å². The Morgan fingerprint density at radius 3 is 2.31 bits per heavy atom. The number of para-hydroxylation sites is 2. The van der Waals surface area contributed by atoms with Gasteiger partial charge in [-0.15, -0.1) is 22.7 Å². The molecule has 0 aliphatic heterocycles. The van der Waals surface area contributed by atoms with Crippen LogP contribution < -0.4 is 10.6 Å². The monoisotopic (exact) mass is 709 g/mol. The fraction of sp³-hybridized carbons (Fsp3) is 0.109. The molecule has 1 aliphatic carbocycles. The van der Waals surface area contributed by atoms with Gasteiger partial charge in [-0.2, -0.15) is 0 Å². The van der Waals surface area contributed by atoms with E-state index in [1.54, 1.807) is 0 Å². The lowest BCUT2D eigenvalue weighted by molar-refractivity contribution is 0.445. The molecular weight excluding hydrogens is 675 g/mol. The number of nitrogens with one attached hydrogen (secondary N) is 3. The van der Waals surface area contributed by atoms with Crippen LogP contribution in [0.1, 0.15) is 47.1 Å². The third kappa shape index (κ3) is 5.17. The third-order valence-corrected chi connectivity index (χ3v) is 12.9. The molecule has 0 bridgehead atoms. The van der Waals surface area contributed by atoms with Crippen LogP contribution in [-0.4, -0.2) is 5.84 Å². The summed E-state index contributed by atoms with van der Waals surface area (Å²) in [7, 11) is 0. The van der Waals surface area contributed by atoms with Gasteiger partial charge in [0.05, 0.1) is 0 Å². The van der Waals surface area contributed by atoms with Gasteiger partial charge in [-0.1, -0.05) is 121 Å². The number of hydrogen-bond acceptors (Lipinski definition) is 5. The molecular formula is C46H35N3OS2.